The van der Waals surface area contributed by atoms with Gasteiger partial charge in [0.2, 0.25) is 0 Å². The van der Waals surface area contributed by atoms with Gasteiger partial charge in [0.15, 0.2) is 5.78 Å². The summed E-state index contributed by atoms with van der Waals surface area (Å²) in [6.45, 7) is 1.93. The smallest absolute Gasteiger partial charge is 0.308 e. The third-order valence-electron chi connectivity index (χ3n) is 1.94. The molecule has 5 heteroatoms. The molecule has 0 saturated carbocycles. The summed E-state index contributed by atoms with van der Waals surface area (Å²) in [5, 5.41) is 8.63. The molecular formula is C10H11ClO3S. The van der Waals surface area contributed by atoms with Gasteiger partial charge < -0.3 is 5.11 Å². The molecule has 0 aliphatic carbocycles. The van der Waals surface area contributed by atoms with Gasteiger partial charge in [0.1, 0.15) is 0 Å². The highest BCUT2D eigenvalue weighted by molar-refractivity contribution is 7.14. The number of carboxylic acids is 1. The average molecular weight is 247 g/mol. The van der Waals surface area contributed by atoms with Crippen LogP contribution in [0.1, 0.15) is 27.0 Å². The van der Waals surface area contributed by atoms with Crippen molar-refractivity contribution >= 4 is 34.7 Å². The van der Waals surface area contributed by atoms with Crippen LogP contribution in [0.2, 0.25) is 0 Å². The third kappa shape index (κ3) is 3.04. The fourth-order valence-electron chi connectivity index (χ4n) is 1.28. The Kier molecular flexibility index (Phi) is 4.29. The lowest BCUT2D eigenvalue weighted by atomic mass is 10.1. The first-order valence-electron chi connectivity index (χ1n) is 4.51. The van der Waals surface area contributed by atoms with Gasteiger partial charge in [-0.3, -0.25) is 9.59 Å². The Morgan fingerprint density at radius 1 is 1.53 bits per heavy atom. The second kappa shape index (κ2) is 5.28. The molecule has 0 aliphatic heterocycles. The van der Waals surface area contributed by atoms with Gasteiger partial charge in [-0.05, 0) is 18.1 Å². The highest BCUT2D eigenvalue weighted by Crippen LogP contribution is 2.24. The first kappa shape index (κ1) is 12.2. The Morgan fingerprint density at radius 3 is 2.67 bits per heavy atom. The number of hydrogen-bond acceptors (Lipinski definition) is 3. The van der Waals surface area contributed by atoms with E-state index < -0.39 is 5.97 Å². The lowest BCUT2D eigenvalue weighted by molar-refractivity contribution is -0.136. The molecule has 1 heterocycles. The molecule has 0 bridgehead atoms. The van der Waals surface area contributed by atoms with E-state index in [4.69, 9.17) is 16.7 Å². The number of carbonyl (C=O) groups is 2. The summed E-state index contributed by atoms with van der Waals surface area (Å²) < 4.78 is 0. The van der Waals surface area contributed by atoms with E-state index in [0.29, 0.717) is 16.2 Å². The van der Waals surface area contributed by atoms with Crippen LogP contribution in [0.5, 0.6) is 0 Å². The molecule has 0 aromatic carbocycles. The Labute approximate surface area is 96.7 Å². The summed E-state index contributed by atoms with van der Waals surface area (Å²) in [7, 11) is 0. The van der Waals surface area contributed by atoms with Crippen molar-refractivity contribution in [1.82, 2.24) is 0 Å². The second-order valence-corrected chi connectivity index (χ2v) is 4.45. The molecule has 1 aromatic heterocycles. The topological polar surface area (TPSA) is 54.4 Å². The van der Waals surface area contributed by atoms with Crippen molar-refractivity contribution < 1.29 is 14.7 Å². The number of hydrogen-bond donors (Lipinski definition) is 1. The lowest BCUT2D eigenvalue weighted by Crippen LogP contribution is -1.99. The molecule has 1 N–H and O–H groups in total. The minimum absolute atomic E-state index is 0.0345. The fourth-order valence-corrected chi connectivity index (χ4v) is 2.67. The van der Waals surface area contributed by atoms with Gasteiger partial charge in [-0.25, -0.2) is 0 Å². The predicted molar refractivity (Wildman–Crippen MR) is 60.1 cm³/mol. The number of halogens is 1. The zero-order valence-corrected chi connectivity index (χ0v) is 9.82. The van der Waals surface area contributed by atoms with Gasteiger partial charge >= 0.3 is 5.97 Å². The standard InChI is InChI=1S/C10H11ClO3S/c1-2-6-3-7(4-9(13)14)15-10(6)8(12)5-11/h3H,2,4-5H2,1H3,(H,13,14). The maximum atomic E-state index is 11.4. The van der Waals surface area contributed by atoms with Crippen LogP contribution in [0.3, 0.4) is 0 Å². The van der Waals surface area contributed by atoms with Crippen LogP contribution in [0, 0.1) is 0 Å². The van der Waals surface area contributed by atoms with Crippen LogP contribution in [0.25, 0.3) is 0 Å². The molecule has 3 nitrogen and oxygen atoms in total. The van der Waals surface area contributed by atoms with Gasteiger partial charge in [-0.1, -0.05) is 6.92 Å². The summed E-state index contributed by atoms with van der Waals surface area (Å²) in [5.74, 6) is -1.07. The lowest BCUT2D eigenvalue weighted by Gasteiger charge is -1.95. The van der Waals surface area contributed by atoms with Crippen molar-refractivity contribution in [2.75, 3.05) is 5.88 Å². The number of carbonyl (C=O) groups excluding carboxylic acids is 1. The molecule has 15 heavy (non-hydrogen) atoms. The zero-order valence-electron chi connectivity index (χ0n) is 8.25. The van der Waals surface area contributed by atoms with E-state index in [0.717, 1.165) is 5.56 Å². The van der Waals surface area contributed by atoms with E-state index in [1.165, 1.54) is 11.3 Å². The van der Waals surface area contributed by atoms with E-state index in [-0.39, 0.29) is 18.1 Å². The SMILES string of the molecule is CCc1cc(CC(=O)O)sc1C(=O)CCl. The number of aryl methyl sites for hydroxylation is 1. The monoisotopic (exact) mass is 246 g/mol. The number of alkyl halides is 1. The van der Waals surface area contributed by atoms with Crippen LogP contribution in [0.15, 0.2) is 6.07 Å². The summed E-state index contributed by atoms with van der Waals surface area (Å²) in [5.41, 5.74) is 0.891. The van der Waals surface area contributed by atoms with Crippen LogP contribution in [0.4, 0.5) is 0 Å². The molecule has 0 aliphatic rings. The maximum Gasteiger partial charge on any atom is 0.308 e. The van der Waals surface area contributed by atoms with Gasteiger partial charge in [-0.2, -0.15) is 0 Å². The van der Waals surface area contributed by atoms with E-state index in [2.05, 4.69) is 0 Å². The molecule has 0 fully saturated rings. The number of rotatable bonds is 5. The third-order valence-corrected chi connectivity index (χ3v) is 3.40. The zero-order chi connectivity index (χ0) is 11.4. The summed E-state index contributed by atoms with van der Waals surface area (Å²) in [4.78, 5) is 23.2. The van der Waals surface area contributed by atoms with Crippen molar-refractivity contribution in [2.24, 2.45) is 0 Å². The fraction of sp³-hybridized carbons (Fsp3) is 0.400. The summed E-state index contributed by atoms with van der Waals surface area (Å²) >= 11 is 6.70. The van der Waals surface area contributed by atoms with Crippen LogP contribution < -0.4 is 0 Å². The van der Waals surface area contributed by atoms with E-state index >= 15 is 0 Å². The van der Waals surface area contributed by atoms with Crippen LogP contribution >= 0.6 is 22.9 Å². The van der Waals surface area contributed by atoms with Crippen molar-refractivity contribution in [3.63, 3.8) is 0 Å². The van der Waals surface area contributed by atoms with Gasteiger partial charge in [0, 0.05) is 4.88 Å². The number of thiophene rings is 1. The van der Waals surface area contributed by atoms with Gasteiger partial charge in [-0.15, -0.1) is 22.9 Å². The molecule has 0 amide bonds. The van der Waals surface area contributed by atoms with Crippen LogP contribution in [-0.2, 0) is 17.6 Å². The highest BCUT2D eigenvalue weighted by Gasteiger charge is 2.15. The predicted octanol–water partition coefficient (Wildman–Crippen LogP) is 2.36. The van der Waals surface area contributed by atoms with Crippen molar-refractivity contribution in [2.45, 2.75) is 19.8 Å². The van der Waals surface area contributed by atoms with Crippen molar-refractivity contribution in [3.05, 3.63) is 21.4 Å². The molecule has 0 saturated heterocycles. The minimum atomic E-state index is -0.885. The van der Waals surface area contributed by atoms with Crippen molar-refractivity contribution in [1.29, 1.82) is 0 Å². The first-order chi connectivity index (χ1) is 7.08. The van der Waals surface area contributed by atoms with E-state index in [1.807, 2.05) is 6.92 Å². The summed E-state index contributed by atoms with van der Waals surface area (Å²) in [6.07, 6.45) is 0.682. The maximum absolute atomic E-state index is 11.4. The Balaban J connectivity index is 3.00. The number of carboxylic acid groups (broad SMARTS) is 1. The normalized spacial score (nSPS) is 10.3. The molecule has 1 aromatic rings. The van der Waals surface area contributed by atoms with E-state index in [1.54, 1.807) is 6.07 Å². The van der Waals surface area contributed by atoms with Crippen molar-refractivity contribution in [3.8, 4) is 0 Å². The largest absolute Gasteiger partial charge is 0.481 e. The molecular weight excluding hydrogens is 236 g/mol. The number of aliphatic carboxylic acids is 1. The number of ketones is 1. The quantitative estimate of drug-likeness (QED) is 0.641. The summed E-state index contributed by atoms with van der Waals surface area (Å²) in [6, 6.07) is 1.78. The first-order valence-corrected chi connectivity index (χ1v) is 5.86. The molecule has 0 unspecified atom stereocenters. The highest BCUT2D eigenvalue weighted by atomic mass is 35.5. The van der Waals surface area contributed by atoms with Gasteiger partial charge in [0.05, 0.1) is 17.2 Å². The molecule has 1 rings (SSSR count). The minimum Gasteiger partial charge on any atom is -0.481 e. The Morgan fingerprint density at radius 2 is 2.20 bits per heavy atom. The molecule has 82 valence electrons. The van der Waals surface area contributed by atoms with Gasteiger partial charge in [0.25, 0.3) is 0 Å². The number of Topliss-reactive ketones (excluding diaryl/α,β-unsaturated/α-hetero) is 1. The van der Waals surface area contributed by atoms with Crippen LogP contribution in [-0.4, -0.2) is 22.7 Å². The average Bonchev–Trinajstić information content (AvgIpc) is 2.58. The Hall–Kier alpha value is -0.870. The second-order valence-electron chi connectivity index (χ2n) is 3.05. The van der Waals surface area contributed by atoms with E-state index in [9.17, 15) is 9.59 Å². The molecule has 0 radical (unpaired) electrons. The molecule has 0 spiro atoms. The Bertz CT molecular complexity index is 384. The molecule has 0 atom stereocenters.